The first kappa shape index (κ1) is 13.6. The van der Waals surface area contributed by atoms with Crippen LogP contribution < -0.4 is 5.32 Å². The number of carboxylic acid groups (broad SMARTS) is 1. The summed E-state index contributed by atoms with van der Waals surface area (Å²) in [6, 6.07) is 5.91. The Labute approximate surface area is 112 Å². The van der Waals surface area contributed by atoms with Gasteiger partial charge in [0.15, 0.2) is 0 Å². The van der Waals surface area contributed by atoms with E-state index in [0.29, 0.717) is 19.3 Å². The predicted octanol–water partition coefficient (Wildman–Crippen LogP) is 2.74. The van der Waals surface area contributed by atoms with Crippen molar-refractivity contribution in [1.82, 2.24) is 0 Å². The van der Waals surface area contributed by atoms with Crippen molar-refractivity contribution >= 4 is 17.6 Å². The normalized spacial score (nSPS) is 22.2. The third-order valence-corrected chi connectivity index (χ3v) is 3.80. The molecule has 102 valence electrons. The molecule has 2 rings (SSSR count). The van der Waals surface area contributed by atoms with Crippen LogP contribution in [0.25, 0.3) is 0 Å². The number of aryl methyl sites for hydroxylation is 2. The van der Waals surface area contributed by atoms with Crippen LogP contribution in [0.2, 0.25) is 0 Å². The minimum absolute atomic E-state index is 0.0579. The Morgan fingerprint density at radius 2 is 1.89 bits per heavy atom. The molecular formula is C15H19NO3. The molecule has 1 amide bonds. The van der Waals surface area contributed by atoms with Crippen molar-refractivity contribution in [3.05, 3.63) is 29.3 Å². The minimum atomic E-state index is -0.790. The van der Waals surface area contributed by atoms with Gasteiger partial charge in [-0.1, -0.05) is 12.1 Å². The highest BCUT2D eigenvalue weighted by Crippen LogP contribution is 2.32. The molecule has 0 saturated heterocycles. The monoisotopic (exact) mass is 261 g/mol. The van der Waals surface area contributed by atoms with Crippen molar-refractivity contribution in [1.29, 1.82) is 0 Å². The van der Waals surface area contributed by atoms with Gasteiger partial charge in [0.25, 0.3) is 0 Å². The summed E-state index contributed by atoms with van der Waals surface area (Å²) in [5, 5.41) is 11.9. The first-order chi connectivity index (χ1) is 8.97. The average Bonchev–Trinajstić information content (AvgIpc) is 2.83. The molecule has 2 unspecified atom stereocenters. The Hall–Kier alpha value is -1.84. The van der Waals surface area contributed by atoms with Crippen LogP contribution in [0.5, 0.6) is 0 Å². The van der Waals surface area contributed by atoms with Crippen LogP contribution in [-0.4, -0.2) is 17.0 Å². The zero-order chi connectivity index (χ0) is 14.0. The summed E-state index contributed by atoms with van der Waals surface area (Å²) in [5.41, 5.74) is 2.94. The maximum atomic E-state index is 12.1. The average molecular weight is 261 g/mol. The zero-order valence-corrected chi connectivity index (χ0v) is 11.3. The van der Waals surface area contributed by atoms with Gasteiger partial charge in [-0.25, -0.2) is 0 Å². The first-order valence-electron chi connectivity index (χ1n) is 6.58. The molecule has 1 aromatic carbocycles. The minimum Gasteiger partial charge on any atom is -0.481 e. The quantitative estimate of drug-likeness (QED) is 0.879. The lowest BCUT2D eigenvalue weighted by Crippen LogP contribution is -2.22. The number of hydrogen-bond donors (Lipinski definition) is 2. The number of carbonyl (C=O) groups excluding carboxylic acids is 1. The fourth-order valence-corrected chi connectivity index (χ4v) is 2.55. The van der Waals surface area contributed by atoms with E-state index in [4.69, 9.17) is 5.11 Å². The molecule has 4 nitrogen and oxygen atoms in total. The molecule has 1 aliphatic carbocycles. The van der Waals surface area contributed by atoms with Gasteiger partial charge in [0.1, 0.15) is 0 Å². The number of benzene rings is 1. The molecule has 2 N–H and O–H groups in total. The van der Waals surface area contributed by atoms with Gasteiger partial charge < -0.3 is 10.4 Å². The maximum Gasteiger partial charge on any atom is 0.306 e. The zero-order valence-electron chi connectivity index (χ0n) is 11.3. The van der Waals surface area contributed by atoms with E-state index < -0.39 is 5.97 Å². The Morgan fingerprint density at radius 1 is 1.21 bits per heavy atom. The van der Waals surface area contributed by atoms with Crippen LogP contribution in [0.3, 0.4) is 0 Å². The number of amides is 1. The van der Waals surface area contributed by atoms with Gasteiger partial charge in [0, 0.05) is 11.6 Å². The smallest absolute Gasteiger partial charge is 0.306 e. The predicted molar refractivity (Wildman–Crippen MR) is 73.0 cm³/mol. The van der Waals surface area contributed by atoms with Gasteiger partial charge in [-0.15, -0.1) is 0 Å². The maximum absolute atomic E-state index is 12.1. The number of aliphatic carboxylic acids is 1. The van der Waals surface area contributed by atoms with E-state index in [9.17, 15) is 9.59 Å². The van der Waals surface area contributed by atoms with E-state index in [1.807, 2.05) is 32.0 Å². The van der Waals surface area contributed by atoms with Crippen LogP contribution in [0.15, 0.2) is 18.2 Å². The Bertz CT molecular complexity index is 510. The SMILES string of the molecule is Cc1ccc(C)c(NC(=O)C2CCC(C(=O)O)C2)c1. The lowest BCUT2D eigenvalue weighted by Gasteiger charge is -2.13. The van der Waals surface area contributed by atoms with Crippen LogP contribution >= 0.6 is 0 Å². The van der Waals surface area contributed by atoms with E-state index in [0.717, 1.165) is 16.8 Å². The molecule has 0 aromatic heterocycles. The standard InChI is InChI=1S/C15H19NO3/c1-9-3-4-10(2)13(7-9)16-14(17)11-5-6-12(8-11)15(18)19/h3-4,7,11-12H,5-6,8H2,1-2H3,(H,16,17)(H,18,19). The highest BCUT2D eigenvalue weighted by atomic mass is 16.4. The number of carboxylic acids is 1. The highest BCUT2D eigenvalue weighted by Gasteiger charge is 2.33. The number of nitrogens with one attached hydrogen (secondary N) is 1. The largest absolute Gasteiger partial charge is 0.481 e. The molecule has 0 bridgehead atoms. The Morgan fingerprint density at radius 3 is 2.53 bits per heavy atom. The summed E-state index contributed by atoms with van der Waals surface area (Å²) in [7, 11) is 0. The molecular weight excluding hydrogens is 242 g/mol. The molecule has 0 aliphatic heterocycles. The molecule has 1 aliphatic rings. The summed E-state index contributed by atoms with van der Waals surface area (Å²) in [6.45, 7) is 3.93. The second-order valence-electron chi connectivity index (χ2n) is 5.35. The molecule has 1 saturated carbocycles. The van der Waals surface area contributed by atoms with Gasteiger partial charge in [0.2, 0.25) is 5.91 Å². The molecule has 1 fully saturated rings. The fraction of sp³-hybridized carbons (Fsp3) is 0.467. The van der Waals surface area contributed by atoms with Crippen molar-refractivity contribution in [3.63, 3.8) is 0 Å². The molecule has 4 heteroatoms. The van der Waals surface area contributed by atoms with Gasteiger partial charge >= 0.3 is 5.97 Å². The van der Waals surface area contributed by atoms with Crippen molar-refractivity contribution in [2.75, 3.05) is 5.32 Å². The number of anilines is 1. The van der Waals surface area contributed by atoms with Crippen LogP contribution in [0, 0.1) is 25.7 Å². The number of rotatable bonds is 3. The molecule has 19 heavy (non-hydrogen) atoms. The first-order valence-corrected chi connectivity index (χ1v) is 6.58. The van der Waals surface area contributed by atoms with E-state index in [-0.39, 0.29) is 17.7 Å². The molecule has 0 spiro atoms. The van der Waals surface area contributed by atoms with Crippen molar-refractivity contribution in [3.8, 4) is 0 Å². The number of hydrogen-bond acceptors (Lipinski definition) is 2. The second kappa shape index (κ2) is 5.43. The molecule has 0 heterocycles. The summed E-state index contributed by atoms with van der Waals surface area (Å²) < 4.78 is 0. The van der Waals surface area contributed by atoms with E-state index >= 15 is 0 Å². The third kappa shape index (κ3) is 3.13. The van der Waals surface area contributed by atoms with Gasteiger partial charge in [0.05, 0.1) is 5.92 Å². The lowest BCUT2D eigenvalue weighted by molar-refractivity contribution is -0.141. The third-order valence-electron chi connectivity index (χ3n) is 3.80. The molecule has 2 atom stereocenters. The lowest BCUT2D eigenvalue weighted by atomic mass is 10.0. The van der Waals surface area contributed by atoms with E-state index in [1.165, 1.54) is 0 Å². The molecule has 0 radical (unpaired) electrons. The second-order valence-corrected chi connectivity index (χ2v) is 5.35. The van der Waals surface area contributed by atoms with Crippen molar-refractivity contribution < 1.29 is 14.7 Å². The van der Waals surface area contributed by atoms with Crippen LogP contribution in [0.1, 0.15) is 30.4 Å². The summed E-state index contributed by atoms with van der Waals surface area (Å²) in [6.07, 6.45) is 1.71. The van der Waals surface area contributed by atoms with Crippen LogP contribution in [-0.2, 0) is 9.59 Å². The van der Waals surface area contributed by atoms with E-state index in [2.05, 4.69) is 5.32 Å². The summed E-state index contributed by atoms with van der Waals surface area (Å²) in [4.78, 5) is 23.0. The van der Waals surface area contributed by atoms with Crippen molar-refractivity contribution in [2.24, 2.45) is 11.8 Å². The van der Waals surface area contributed by atoms with Gasteiger partial charge in [-0.3, -0.25) is 9.59 Å². The summed E-state index contributed by atoms with van der Waals surface area (Å²) >= 11 is 0. The fourth-order valence-electron chi connectivity index (χ4n) is 2.55. The van der Waals surface area contributed by atoms with Crippen LogP contribution in [0.4, 0.5) is 5.69 Å². The van der Waals surface area contributed by atoms with Gasteiger partial charge in [-0.05, 0) is 50.3 Å². The highest BCUT2D eigenvalue weighted by molar-refractivity contribution is 5.94. The summed E-state index contributed by atoms with van der Waals surface area (Å²) in [5.74, 6) is -1.39. The Balaban J connectivity index is 2.02. The molecule has 1 aromatic rings. The number of carbonyl (C=O) groups is 2. The topological polar surface area (TPSA) is 66.4 Å². The Kier molecular flexibility index (Phi) is 3.88. The van der Waals surface area contributed by atoms with E-state index in [1.54, 1.807) is 0 Å². The van der Waals surface area contributed by atoms with Gasteiger partial charge in [-0.2, -0.15) is 0 Å². The van der Waals surface area contributed by atoms with Crippen molar-refractivity contribution in [2.45, 2.75) is 33.1 Å².